The van der Waals surface area contributed by atoms with Gasteiger partial charge in [0, 0.05) is 24.7 Å². The van der Waals surface area contributed by atoms with Gasteiger partial charge in [0.25, 0.3) is 0 Å². The number of ketones is 1. The Morgan fingerprint density at radius 3 is 2.63 bits per heavy atom. The molecule has 1 aromatic rings. The van der Waals surface area contributed by atoms with Gasteiger partial charge in [-0.15, -0.1) is 12.4 Å². The van der Waals surface area contributed by atoms with Crippen LogP contribution < -0.4 is 5.73 Å². The van der Waals surface area contributed by atoms with Crippen LogP contribution in [0.4, 0.5) is 0 Å². The molecule has 0 aromatic heterocycles. The first-order valence-electron chi connectivity index (χ1n) is 5.78. The Kier molecular flexibility index (Phi) is 5.09. The van der Waals surface area contributed by atoms with Crippen molar-refractivity contribution in [2.45, 2.75) is 24.3 Å². The zero-order valence-corrected chi connectivity index (χ0v) is 12.2. The van der Waals surface area contributed by atoms with Gasteiger partial charge in [-0.25, -0.2) is 8.42 Å². The highest BCUT2D eigenvalue weighted by Gasteiger charge is 2.31. The summed E-state index contributed by atoms with van der Waals surface area (Å²) in [5, 5.41) is 0. The molecule has 0 aliphatic carbocycles. The van der Waals surface area contributed by atoms with Crippen molar-refractivity contribution < 1.29 is 13.2 Å². The van der Waals surface area contributed by atoms with E-state index in [1.165, 1.54) is 23.4 Å². The second-order valence-corrected chi connectivity index (χ2v) is 6.43. The summed E-state index contributed by atoms with van der Waals surface area (Å²) < 4.78 is 26.0. The Hall–Kier alpha value is -0.950. The molecule has 1 aliphatic rings. The van der Waals surface area contributed by atoms with Crippen molar-refractivity contribution >= 4 is 28.2 Å². The summed E-state index contributed by atoms with van der Waals surface area (Å²) >= 11 is 0. The predicted octanol–water partition coefficient (Wildman–Crippen LogP) is 1.03. The van der Waals surface area contributed by atoms with Crippen molar-refractivity contribution in [3.63, 3.8) is 0 Å². The van der Waals surface area contributed by atoms with Crippen LogP contribution in [0.25, 0.3) is 0 Å². The van der Waals surface area contributed by atoms with Crippen LogP contribution >= 0.6 is 12.4 Å². The number of nitrogens with two attached hydrogens (primary N) is 1. The van der Waals surface area contributed by atoms with E-state index in [-0.39, 0.29) is 29.1 Å². The molecule has 106 valence electrons. The molecule has 1 heterocycles. The van der Waals surface area contributed by atoms with Crippen LogP contribution in [0.1, 0.15) is 23.7 Å². The van der Waals surface area contributed by atoms with Crippen LogP contribution in [0.2, 0.25) is 0 Å². The van der Waals surface area contributed by atoms with Gasteiger partial charge in [0.2, 0.25) is 10.0 Å². The lowest BCUT2D eigenvalue weighted by Gasteiger charge is -2.16. The highest BCUT2D eigenvalue weighted by Crippen LogP contribution is 2.21. The number of rotatable bonds is 3. The van der Waals surface area contributed by atoms with Crippen molar-refractivity contribution in [1.82, 2.24) is 4.31 Å². The molecule has 1 atom stereocenters. The Morgan fingerprint density at radius 1 is 1.42 bits per heavy atom. The molecule has 0 amide bonds. The zero-order chi connectivity index (χ0) is 13.3. The van der Waals surface area contributed by atoms with E-state index in [2.05, 4.69) is 0 Å². The summed E-state index contributed by atoms with van der Waals surface area (Å²) in [5.41, 5.74) is 6.12. The monoisotopic (exact) mass is 304 g/mol. The maximum atomic E-state index is 12.3. The minimum Gasteiger partial charge on any atom is -0.326 e. The van der Waals surface area contributed by atoms with Gasteiger partial charge in [-0.05, 0) is 25.5 Å². The van der Waals surface area contributed by atoms with Crippen LogP contribution in [0.15, 0.2) is 29.2 Å². The first kappa shape index (κ1) is 16.1. The zero-order valence-electron chi connectivity index (χ0n) is 10.6. The minimum atomic E-state index is -3.53. The number of carbonyl (C=O) groups excluding carboxylic acids is 1. The summed E-state index contributed by atoms with van der Waals surface area (Å²) in [7, 11) is -3.53. The average molecular weight is 305 g/mol. The first-order chi connectivity index (χ1) is 8.41. The third-order valence-corrected chi connectivity index (χ3v) is 4.93. The Balaban J connectivity index is 0.00000180. The van der Waals surface area contributed by atoms with Gasteiger partial charge in [-0.2, -0.15) is 4.31 Å². The number of carbonyl (C=O) groups is 1. The van der Waals surface area contributed by atoms with Gasteiger partial charge < -0.3 is 5.73 Å². The Bertz CT molecular complexity index is 574. The minimum absolute atomic E-state index is 0. The molecule has 19 heavy (non-hydrogen) atoms. The predicted molar refractivity (Wildman–Crippen MR) is 75.0 cm³/mol. The molecular weight excluding hydrogens is 288 g/mol. The van der Waals surface area contributed by atoms with E-state index in [1.54, 1.807) is 12.1 Å². The van der Waals surface area contributed by atoms with Gasteiger partial charge in [-0.3, -0.25) is 4.79 Å². The number of Topliss-reactive ketones (excluding diaryl/α,β-unsaturated/α-hetero) is 1. The summed E-state index contributed by atoms with van der Waals surface area (Å²) in [5.74, 6) is -0.148. The first-order valence-corrected chi connectivity index (χ1v) is 7.22. The molecule has 0 radical (unpaired) electrons. The van der Waals surface area contributed by atoms with E-state index in [0.29, 0.717) is 25.1 Å². The standard InChI is InChI=1S/C12H16N2O3S.ClH/c1-9(15)10-3-2-4-12(7-10)18(16,17)14-6-5-11(13)8-14;/h2-4,7,11H,5-6,8,13H2,1H3;1H. The summed E-state index contributed by atoms with van der Waals surface area (Å²) in [4.78, 5) is 11.4. The fourth-order valence-electron chi connectivity index (χ4n) is 2.00. The molecule has 0 bridgehead atoms. The largest absolute Gasteiger partial charge is 0.326 e. The van der Waals surface area contributed by atoms with E-state index >= 15 is 0 Å². The van der Waals surface area contributed by atoms with Crippen LogP contribution in [0, 0.1) is 0 Å². The normalized spacial score (nSPS) is 20.0. The fourth-order valence-corrected chi connectivity index (χ4v) is 3.55. The van der Waals surface area contributed by atoms with Crippen LogP contribution in [-0.2, 0) is 10.0 Å². The number of nitrogens with zero attached hydrogens (tertiary/aromatic N) is 1. The number of hydrogen-bond acceptors (Lipinski definition) is 4. The smallest absolute Gasteiger partial charge is 0.243 e. The second kappa shape index (κ2) is 6.00. The van der Waals surface area contributed by atoms with Gasteiger partial charge in [0.1, 0.15) is 0 Å². The lowest BCUT2D eigenvalue weighted by molar-refractivity contribution is 0.101. The van der Waals surface area contributed by atoms with E-state index in [0.717, 1.165) is 0 Å². The summed E-state index contributed by atoms with van der Waals surface area (Å²) in [6, 6.07) is 6.01. The van der Waals surface area contributed by atoms with E-state index in [1.807, 2.05) is 0 Å². The third-order valence-electron chi connectivity index (χ3n) is 3.07. The summed E-state index contributed by atoms with van der Waals surface area (Å²) in [6.45, 7) is 2.19. The second-order valence-electron chi connectivity index (χ2n) is 4.50. The maximum Gasteiger partial charge on any atom is 0.243 e. The lowest BCUT2D eigenvalue weighted by atomic mass is 10.2. The molecule has 2 rings (SSSR count). The van der Waals surface area contributed by atoms with Crippen LogP contribution in [-0.4, -0.2) is 37.6 Å². The molecule has 5 nitrogen and oxygen atoms in total. The van der Waals surface area contributed by atoms with Crippen molar-refractivity contribution in [2.24, 2.45) is 5.73 Å². The highest BCUT2D eigenvalue weighted by atomic mass is 35.5. The van der Waals surface area contributed by atoms with Crippen molar-refractivity contribution in [3.8, 4) is 0 Å². The van der Waals surface area contributed by atoms with E-state index < -0.39 is 10.0 Å². The Morgan fingerprint density at radius 2 is 2.11 bits per heavy atom. The van der Waals surface area contributed by atoms with Crippen molar-refractivity contribution in [2.75, 3.05) is 13.1 Å². The number of halogens is 1. The van der Waals surface area contributed by atoms with Crippen molar-refractivity contribution in [3.05, 3.63) is 29.8 Å². The Labute approximate surface area is 119 Å². The molecule has 0 saturated carbocycles. The number of sulfonamides is 1. The molecule has 1 fully saturated rings. The van der Waals surface area contributed by atoms with Gasteiger partial charge in [-0.1, -0.05) is 12.1 Å². The highest BCUT2D eigenvalue weighted by molar-refractivity contribution is 7.89. The molecule has 7 heteroatoms. The molecule has 1 aliphatic heterocycles. The van der Waals surface area contributed by atoms with Gasteiger partial charge >= 0.3 is 0 Å². The molecule has 1 unspecified atom stereocenters. The van der Waals surface area contributed by atoms with Gasteiger partial charge in [0.05, 0.1) is 4.90 Å². The SMILES string of the molecule is CC(=O)c1cccc(S(=O)(=O)N2CCC(N)C2)c1.Cl. The van der Waals surface area contributed by atoms with E-state index in [4.69, 9.17) is 5.73 Å². The third kappa shape index (κ3) is 3.33. The summed E-state index contributed by atoms with van der Waals surface area (Å²) in [6.07, 6.45) is 0.672. The lowest BCUT2D eigenvalue weighted by Crippen LogP contribution is -2.32. The number of benzene rings is 1. The molecule has 1 aromatic carbocycles. The maximum absolute atomic E-state index is 12.3. The molecular formula is C12H17ClN2O3S. The average Bonchev–Trinajstić information content (AvgIpc) is 2.77. The molecule has 1 saturated heterocycles. The van der Waals surface area contributed by atoms with Crippen LogP contribution in [0.3, 0.4) is 0 Å². The molecule has 0 spiro atoms. The van der Waals surface area contributed by atoms with Crippen LogP contribution in [0.5, 0.6) is 0 Å². The molecule has 2 N–H and O–H groups in total. The quantitative estimate of drug-likeness (QED) is 0.846. The fraction of sp³-hybridized carbons (Fsp3) is 0.417. The van der Waals surface area contributed by atoms with Gasteiger partial charge in [0.15, 0.2) is 5.78 Å². The van der Waals surface area contributed by atoms with E-state index in [9.17, 15) is 13.2 Å². The van der Waals surface area contributed by atoms with Crippen molar-refractivity contribution in [1.29, 1.82) is 0 Å². The topological polar surface area (TPSA) is 80.5 Å². The number of hydrogen-bond donors (Lipinski definition) is 1.